The summed E-state index contributed by atoms with van der Waals surface area (Å²) in [5.41, 5.74) is 1.13. The molecule has 0 saturated heterocycles. The Morgan fingerprint density at radius 2 is 2.18 bits per heavy atom. The molecular weight excluding hydrogens is 317 g/mol. The summed E-state index contributed by atoms with van der Waals surface area (Å²) in [6.07, 6.45) is 1.89. The van der Waals surface area contributed by atoms with Crippen molar-refractivity contribution >= 4 is 38.5 Å². The average Bonchev–Trinajstić information content (AvgIpc) is 1.85. The molecule has 1 heterocycles. The van der Waals surface area contributed by atoms with E-state index in [1.54, 1.807) is 0 Å². The van der Waals surface area contributed by atoms with Gasteiger partial charge in [-0.3, -0.25) is 4.98 Å². The second-order valence-electron chi connectivity index (χ2n) is 2.68. The summed E-state index contributed by atoms with van der Waals surface area (Å²) >= 11 is 5.73. The van der Waals surface area contributed by atoms with Crippen LogP contribution in [0.25, 0.3) is 0 Å². The van der Waals surface area contributed by atoms with Gasteiger partial charge in [0.1, 0.15) is 0 Å². The van der Waals surface area contributed by atoms with Crippen LogP contribution in [0.4, 0.5) is 0 Å². The van der Waals surface area contributed by atoms with Crippen molar-refractivity contribution in [3.05, 3.63) is 26.0 Å². The lowest BCUT2D eigenvalue weighted by atomic mass is 10.1. The number of halogens is 2. The maximum atomic E-state index is 4.32. The third kappa shape index (κ3) is 2.40. The van der Waals surface area contributed by atoms with E-state index < -0.39 is 0 Å². The predicted molar refractivity (Wildman–Crippen MR) is 58.7 cm³/mol. The zero-order valence-electron chi connectivity index (χ0n) is 6.44. The Hall–Kier alpha value is 0.360. The van der Waals surface area contributed by atoms with Crippen molar-refractivity contribution in [1.82, 2.24) is 4.98 Å². The van der Waals surface area contributed by atoms with Crippen molar-refractivity contribution < 1.29 is 0 Å². The molecule has 0 N–H and O–H groups in total. The SMILES string of the molecule is CC(C)c1ncc(I)cc1Br. The Bertz CT molecular complexity index is 260. The van der Waals surface area contributed by atoms with Crippen LogP contribution in [0, 0.1) is 3.57 Å². The van der Waals surface area contributed by atoms with E-state index in [1.807, 2.05) is 6.20 Å². The molecule has 0 aliphatic heterocycles. The largest absolute Gasteiger partial charge is 0.259 e. The Morgan fingerprint density at radius 1 is 1.55 bits per heavy atom. The van der Waals surface area contributed by atoms with Gasteiger partial charge in [-0.25, -0.2) is 0 Å². The van der Waals surface area contributed by atoms with Gasteiger partial charge in [0.15, 0.2) is 0 Å². The molecule has 1 nitrogen and oxygen atoms in total. The predicted octanol–water partition coefficient (Wildman–Crippen LogP) is 3.57. The molecular formula is C8H9BrIN. The third-order valence-corrected chi connectivity index (χ3v) is 2.61. The highest BCUT2D eigenvalue weighted by Crippen LogP contribution is 2.23. The van der Waals surface area contributed by atoms with Crippen LogP contribution in [0.2, 0.25) is 0 Å². The number of rotatable bonds is 1. The van der Waals surface area contributed by atoms with E-state index in [0.717, 1.165) is 10.2 Å². The van der Waals surface area contributed by atoms with Gasteiger partial charge in [-0.15, -0.1) is 0 Å². The van der Waals surface area contributed by atoms with Crippen LogP contribution in [0.5, 0.6) is 0 Å². The topological polar surface area (TPSA) is 12.9 Å². The van der Waals surface area contributed by atoms with Crippen LogP contribution in [-0.2, 0) is 0 Å². The van der Waals surface area contributed by atoms with Crippen LogP contribution in [0.3, 0.4) is 0 Å². The van der Waals surface area contributed by atoms with E-state index in [1.165, 1.54) is 3.57 Å². The van der Waals surface area contributed by atoms with Gasteiger partial charge in [-0.1, -0.05) is 13.8 Å². The normalized spacial score (nSPS) is 10.6. The second-order valence-corrected chi connectivity index (χ2v) is 4.78. The fourth-order valence-corrected chi connectivity index (χ4v) is 2.54. The van der Waals surface area contributed by atoms with Crippen LogP contribution in [0.1, 0.15) is 25.5 Å². The minimum absolute atomic E-state index is 0.487. The zero-order chi connectivity index (χ0) is 8.43. The van der Waals surface area contributed by atoms with E-state index in [0.29, 0.717) is 5.92 Å². The number of hydrogen-bond acceptors (Lipinski definition) is 1. The van der Waals surface area contributed by atoms with Crippen LogP contribution < -0.4 is 0 Å². The van der Waals surface area contributed by atoms with Crippen molar-refractivity contribution in [2.24, 2.45) is 0 Å². The molecule has 0 aliphatic rings. The first-order chi connectivity index (χ1) is 5.11. The molecule has 0 atom stereocenters. The summed E-state index contributed by atoms with van der Waals surface area (Å²) in [7, 11) is 0. The van der Waals surface area contributed by atoms with Crippen LogP contribution >= 0.6 is 38.5 Å². The molecule has 0 unspecified atom stereocenters. The summed E-state index contributed by atoms with van der Waals surface area (Å²) < 4.78 is 2.28. The van der Waals surface area contributed by atoms with Crippen molar-refractivity contribution in [1.29, 1.82) is 0 Å². The first-order valence-corrected chi connectivity index (χ1v) is 5.29. The summed E-state index contributed by atoms with van der Waals surface area (Å²) in [6, 6.07) is 2.09. The minimum Gasteiger partial charge on any atom is -0.259 e. The van der Waals surface area contributed by atoms with Crippen molar-refractivity contribution in [2.75, 3.05) is 0 Å². The van der Waals surface area contributed by atoms with Gasteiger partial charge in [-0.2, -0.15) is 0 Å². The monoisotopic (exact) mass is 325 g/mol. The fraction of sp³-hybridized carbons (Fsp3) is 0.375. The first kappa shape index (κ1) is 9.45. The zero-order valence-corrected chi connectivity index (χ0v) is 10.2. The van der Waals surface area contributed by atoms with E-state index in [-0.39, 0.29) is 0 Å². The standard InChI is InChI=1S/C8H9BrIN/c1-5(2)8-7(9)3-6(10)4-11-8/h3-5H,1-2H3. The van der Waals surface area contributed by atoms with Gasteiger partial charge >= 0.3 is 0 Å². The molecule has 0 amide bonds. The fourth-order valence-electron chi connectivity index (χ4n) is 0.850. The molecule has 1 rings (SSSR count). The molecule has 0 aliphatic carbocycles. The van der Waals surface area contributed by atoms with Gasteiger partial charge < -0.3 is 0 Å². The quantitative estimate of drug-likeness (QED) is 0.719. The first-order valence-electron chi connectivity index (χ1n) is 3.42. The maximum Gasteiger partial charge on any atom is 0.0571 e. The molecule has 0 saturated carbocycles. The highest BCUT2D eigenvalue weighted by atomic mass is 127. The van der Waals surface area contributed by atoms with Crippen LogP contribution in [0.15, 0.2) is 16.7 Å². The Balaban J connectivity index is 3.09. The lowest BCUT2D eigenvalue weighted by molar-refractivity contribution is 0.815. The van der Waals surface area contributed by atoms with Gasteiger partial charge in [0.05, 0.1) is 5.69 Å². The molecule has 0 radical (unpaired) electrons. The lowest BCUT2D eigenvalue weighted by Gasteiger charge is -2.06. The van der Waals surface area contributed by atoms with Crippen molar-refractivity contribution in [2.45, 2.75) is 19.8 Å². The molecule has 0 bridgehead atoms. The Morgan fingerprint density at radius 3 is 2.64 bits per heavy atom. The summed E-state index contributed by atoms with van der Waals surface area (Å²) in [4.78, 5) is 4.32. The number of pyridine rings is 1. The van der Waals surface area contributed by atoms with Crippen LogP contribution in [-0.4, -0.2) is 4.98 Å². The molecule has 60 valence electrons. The van der Waals surface area contributed by atoms with E-state index in [9.17, 15) is 0 Å². The van der Waals surface area contributed by atoms with E-state index in [4.69, 9.17) is 0 Å². The van der Waals surface area contributed by atoms with Gasteiger partial charge in [-0.05, 0) is 50.5 Å². The summed E-state index contributed by atoms with van der Waals surface area (Å²) in [6.45, 7) is 4.28. The Labute approximate surface area is 88.9 Å². The van der Waals surface area contributed by atoms with Gasteiger partial charge in [0, 0.05) is 14.2 Å². The lowest BCUT2D eigenvalue weighted by Crippen LogP contribution is -1.93. The summed E-state index contributed by atoms with van der Waals surface area (Å²) in [5, 5.41) is 0. The third-order valence-electron chi connectivity index (χ3n) is 1.38. The molecule has 1 aromatic rings. The molecule has 11 heavy (non-hydrogen) atoms. The van der Waals surface area contributed by atoms with Gasteiger partial charge in [0.25, 0.3) is 0 Å². The smallest absolute Gasteiger partial charge is 0.0571 e. The average molecular weight is 326 g/mol. The molecule has 0 fully saturated rings. The molecule has 0 spiro atoms. The van der Waals surface area contributed by atoms with Gasteiger partial charge in [0.2, 0.25) is 0 Å². The molecule has 3 heteroatoms. The minimum atomic E-state index is 0.487. The van der Waals surface area contributed by atoms with Crippen molar-refractivity contribution in [3.63, 3.8) is 0 Å². The molecule has 0 aromatic carbocycles. The highest BCUT2D eigenvalue weighted by Gasteiger charge is 2.05. The Kier molecular flexibility index (Phi) is 3.30. The van der Waals surface area contributed by atoms with E-state index >= 15 is 0 Å². The summed E-state index contributed by atoms with van der Waals surface area (Å²) in [5.74, 6) is 0.487. The molecule has 1 aromatic heterocycles. The maximum absolute atomic E-state index is 4.32. The highest BCUT2D eigenvalue weighted by molar-refractivity contribution is 14.1. The second kappa shape index (κ2) is 3.85. The van der Waals surface area contributed by atoms with E-state index in [2.05, 4.69) is 63.4 Å². The number of aromatic nitrogens is 1. The van der Waals surface area contributed by atoms with Crippen molar-refractivity contribution in [3.8, 4) is 0 Å². The number of hydrogen-bond donors (Lipinski definition) is 0. The number of nitrogens with zero attached hydrogens (tertiary/aromatic N) is 1.